The van der Waals surface area contributed by atoms with Gasteiger partial charge in [0.2, 0.25) is 0 Å². The topological polar surface area (TPSA) is 36.4 Å². The summed E-state index contributed by atoms with van der Waals surface area (Å²) in [5, 5.41) is 7.47. The lowest BCUT2D eigenvalue weighted by molar-refractivity contribution is 0.608. The van der Waals surface area contributed by atoms with E-state index in [1.54, 1.807) is 20.0 Å². The molecule has 0 amide bonds. The van der Waals surface area contributed by atoms with Crippen molar-refractivity contribution in [2.75, 3.05) is 13.3 Å². The van der Waals surface area contributed by atoms with E-state index in [1.165, 1.54) is 19.3 Å². The van der Waals surface area contributed by atoms with E-state index in [0.29, 0.717) is 18.2 Å². The van der Waals surface area contributed by atoms with Crippen molar-refractivity contribution in [1.29, 1.82) is 0 Å². The molecule has 1 aromatic rings. The van der Waals surface area contributed by atoms with Crippen molar-refractivity contribution < 1.29 is 4.39 Å². The Kier molecular flexibility index (Phi) is 5.91. The van der Waals surface area contributed by atoms with Gasteiger partial charge in [-0.25, -0.2) is 4.39 Å². The lowest BCUT2D eigenvalue weighted by atomic mass is 10.1. The van der Waals surface area contributed by atoms with Gasteiger partial charge in [-0.1, -0.05) is 12.1 Å². The van der Waals surface area contributed by atoms with Gasteiger partial charge in [-0.2, -0.15) is 11.8 Å². The van der Waals surface area contributed by atoms with Gasteiger partial charge in [0.15, 0.2) is 5.96 Å². The molecule has 0 bridgehead atoms. The van der Waals surface area contributed by atoms with Crippen molar-refractivity contribution in [3.63, 3.8) is 0 Å². The Morgan fingerprint density at radius 3 is 2.86 bits per heavy atom. The van der Waals surface area contributed by atoms with E-state index in [2.05, 4.69) is 21.9 Å². The van der Waals surface area contributed by atoms with Crippen molar-refractivity contribution in [2.24, 2.45) is 4.99 Å². The average molecular weight is 309 g/mol. The second kappa shape index (κ2) is 7.69. The van der Waals surface area contributed by atoms with Gasteiger partial charge >= 0.3 is 0 Å². The Hall–Kier alpha value is -1.23. The molecule has 1 saturated carbocycles. The third-order valence-corrected chi connectivity index (χ3v) is 5.07. The standard InChI is InChI=1S/C16H24FN3S/c1-11-4-5-12(8-15(11)17)10-19-16(18-2)20-13-6-7-14(9-13)21-3/h4-5,8,13-14H,6-7,9-10H2,1-3H3,(H2,18,19,20). The van der Waals surface area contributed by atoms with Crippen LogP contribution in [0.2, 0.25) is 0 Å². The largest absolute Gasteiger partial charge is 0.354 e. The van der Waals surface area contributed by atoms with Crippen LogP contribution in [0.15, 0.2) is 23.2 Å². The molecule has 2 rings (SSSR count). The summed E-state index contributed by atoms with van der Waals surface area (Å²) < 4.78 is 13.5. The molecule has 0 aromatic heterocycles. The molecule has 21 heavy (non-hydrogen) atoms. The molecular formula is C16H24FN3S. The number of hydrogen-bond acceptors (Lipinski definition) is 2. The van der Waals surface area contributed by atoms with E-state index in [-0.39, 0.29) is 5.82 Å². The Bertz CT molecular complexity index is 504. The van der Waals surface area contributed by atoms with Crippen LogP contribution in [0.4, 0.5) is 4.39 Å². The van der Waals surface area contributed by atoms with Crippen molar-refractivity contribution in [3.05, 3.63) is 35.1 Å². The number of nitrogens with zero attached hydrogens (tertiary/aromatic N) is 1. The van der Waals surface area contributed by atoms with E-state index in [1.807, 2.05) is 23.9 Å². The van der Waals surface area contributed by atoms with Crippen molar-refractivity contribution >= 4 is 17.7 Å². The second-order valence-electron chi connectivity index (χ2n) is 5.52. The van der Waals surface area contributed by atoms with E-state index in [9.17, 15) is 4.39 Å². The Balaban J connectivity index is 1.84. The number of aryl methyl sites for hydroxylation is 1. The Morgan fingerprint density at radius 1 is 1.43 bits per heavy atom. The van der Waals surface area contributed by atoms with Crippen LogP contribution in [0.3, 0.4) is 0 Å². The molecule has 0 spiro atoms. The predicted octanol–water partition coefficient (Wildman–Crippen LogP) is 3.08. The first-order valence-corrected chi connectivity index (χ1v) is 8.66. The maximum atomic E-state index is 13.5. The second-order valence-corrected chi connectivity index (χ2v) is 6.66. The zero-order valence-corrected chi connectivity index (χ0v) is 13.8. The first kappa shape index (κ1) is 16.1. The van der Waals surface area contributed by atoms with Gasteiger partial charge in [0, 0.05) is 24.9 Å². The molecule has 5 heteroatoms. The maximum Gasteiger partial charge on any atom is 0.191 e. The average Bonchev–Trinajstić information content (AvgIpc) is 2.94. The van der Waals surface area contributed by atoms with E-state index < -0.39 is 0 Å². The Labute approximate surface area is 130 Å². The third kappa shape index (κ3) is 4.63. The maximum absolute atomic E-state index is 13.5. The molecule has 2 atom stereocenters. The minimum absolute atomic E-state index is 0.157. The smallest absolute Gasteiger partial charge is 0.191 e. The molecule has 1 aliphatic carbocycles. The third-order valence-electron chi connectivity index (χ3n) is 3.98. The number of thioether (sulfide) groups is 1. The summed E-state index contributed by atoms with van der Waals surface area (Å²) >= 11 is 1.94. The lowest BCUT2D eigenvalue weighted by Crippen LogP contribution is -2.42. The lowest BCUT2D eigenvalue weighted by Gasteiger charge is -2.17. The van der Waals surface area contributed by atoms with Crippen molar-refractivity contribution in [2.45, 2.75) is 44.0 Å². The molecule has 1 fully saturated rings. The highest BCUT2D eigenvalue weighted by atomic mass is 32.2. The number of halogens is 1. The molecule has 2 unspecified atom stereocenters. The van der Waals surface area contributed by atoms with Gasteiger partial charge in [0.25, 0.3) is 0 Å². The van der Waals surface area contributed by atoms with Crippen LogP contribution in [0.5, 0.6) is 0 Å². The summed E-state index contributed by atoms with van der Waals surface area (Å²) in [6, 6.07) is 5.82. The fourth-order valence-electron chi connectivity index (χ4n) is 2.61. The molecule has 3 nitrogen and oxygen atoms in total. The summed E-state index contributed by atoms with van der Waals surface area (Å²) in [5.74, 6) is 0.638. The van der Waals surface area contributed by atoms with E-state index in [4.69, 9.17) is 0 Å². The number of benzene rings is 1. The van der Waals surface area contributed by atoms with Crippen LogP contribution in [-0.4, -0.2) is 30.6 Å². The molecule has 116 valence electrons. The van der Waals surface area contributed by atoms with E-state index in [0.717, 1.165) is 16.8 Å². The fourth-order valence-corrected chi connectivity index (χ4v) is 3.40. The minimum Gasteiger partial charge on any atom is -0.354 e. The fraction of sp³-hybridized carbons (Fsp3) is 0.562. The molecule has 0 heterocycles. The molecule has 0 aliphatic heterocycles. The highest BCUT2D eigenvalue weighted by Gasteiger charge is 2.24. The van der Waals surface area contributed by atoms with Crippen LogP contribution < -0.4 is 10.6 Å². The quantitative estimate of drug-likeness (QED) is 0.663. The summed E-state index contributed by atoms with van der Waals surface area (Å²) in [4.78, 5) is 4.25. The van der Waals surface area contributed by atoms with E-state index >= 15 is 0 Å². The van der Waals surface area contributed by atoms with Gasteiger partial charge in [0.05, 0.1) is 0 Å². The molecular weight excluding hydrogens is 285 g/mol. The number of rotatable bonds is 4. The minimum atomic E-state index is -0.157. The van der Waals surface area contributed by atoms with Gasteiger partial charge in [-0.05, 0) is 49.6 Å². The van der Waals surface area contributed by atoms with Gasteiger partial charge < -0.3 is 10.6 Å². The van der Waals surface area contributed by atoms with Crippen LogP contribution >= 0.6 is 11.8 Å². The number of guanidine groups is 1. The van der Waals surface area contributed by atoms with Crippen molar-refractivity contribution in [1.82, 2.24) is 10.6 Å². The monoisotopic (exact) mass is 309 g/mol. The zero-order valence-electron chi connectivity index (χ0n) is 12.9. The summed E-state index contributed by atoms with van der Waals surface area (Å²) in [7, 11) is 1.77. The van der Waals surface area contributed by atoms with Crippen LogP contribution in [0.25, 0.3) is 0 Å². The highest BCUT2D eigenvalue weighted by Crippen LogP contribution is 2.27. The SMILES string of the molecule is CN=C(NCc1ccc(C)c(F)c1)NC1CCC(SC)C1. The first-order chi connectivity index (χ1) is 10.1. The number of aliphatic imine (C=N–C) groups is 1. The molecule has 2 N–H and O–H groups in total. The van der Waals surface area contributed by atoms with Crippen LogP contribution in [0.1, 0.15) is 30.4 Å². The number of nitrogens with one attached hydrogen (secondary N) is 2. The Morgan fingerprint density at radius 2 is 2.24 bits per heavy atom. The summed E-state index contributed by atoms with van der Waals surface area (Å²) in [5.41, 5.74) is 1.60. The van der Waals surface area contributed by atoms with Crippen LogP contribution in [0, 0.1) is 12.7 Å². The molecule has 1 aromatic carbocycles. The highest BCUT2D eigenvalue weighted by molar-refractivity contribution is 7.99. The van der Waals surface area contributed by atoms with Gasteiger partial charge in [-0.15, -0.1) is 0 Å². The summed E-state index contributed by atoms with van der Waals surface area (Å²) in [6.45, 7) is 2.35. The van der Waals surface area contributed by atoms with Crippen molar-refractivity contribution in [3.8, 4) is 0 Å². The normalized spacial score (nSPS) is 22.4. The molecule has 0 radical (unpaired) electrons. The number of hydrogen-bond donors (Lipinski definition) is 2. The predicted molar refractivity (Wildman–Crippen MR) is 89.4 cm³/mol. The van der Waals surface area contributed by atoms with Crippen LogP contribution in [-0.2, 0) is 6.54 Å². The summed E-state index contributed by atoms with van der Waals surface area (Å²) in [6.07, 6.45) is 5.80. The zero-order chi connectivity index (χ0) is 15.2. The molecule has 1 aliphatic rings. The van der Waals surface area contributed by atoms with Gasteiger partial charge in [0.1, 0.15) is 5.82 Å². The first-order valence-electron chi connectivity index (χ1n) is 7.37. The van der Waals surface area contributed by atoms with Gasteiger partial charge in [-0.3, -0.25) is 4.99 Å². The molecule has 0 saturated heterocycles.